The number of hydrogen-bond acceptors (Lipinski definition) is 7. The van der Waals surface area contributed by atoms with Crippen molar-refractivity contribution in [3.63, 3.8) is 0 Å². The van der Waals surface area contributed by atoms with E-state index in [0.29, 0.717) is 28.1 Å². The Hall–Kier alpha value is -2.94. The van der Waals surface area contributed by atoms with Crippen molar-refractivity contribution in [2.24, 2.45) is 0 Å². The number of aromatic nitrogens is 2. The van der Waals surface area contributed by atoms with Crippen LogP contribution in [-0.2, 0) is 31.0 Å². The molecule has 0 amide bonds. The molecule has 11 heteroatoms. The fraction of sp³-hybridized carbons (Fsp3) is 0.393. The Morgan fingerprint density at radius 3 is 1.85 bits per heavy atom. The molecule has 0 fully saturated rings. The molecule has 0 aliphatic rings. The molecule has 2 atom stereocenters. The molecule has 0 aliphatic heterocycles. The molecule has 0 aliphatic carbocycles. The molecule has 0 unspecified atom stereocenters. The van der Waals surface area contributed by atoms with Gasteiger partial charge in [0.1, 0.15) is 30.8 Å². The topological polar surface area (TPSA) is 88.9 Å². The summed E-state index contributed by atoms with van der Waals surface area (Å²) in [5.74, 6) is 0.213. The Morgan fingerprint density at radius 1 is 0.897 bits per heavy atom. The Kier molecular flexibility index (Phi) is 10.9. The lowest BCUT2D eigenvalue weighted by atomic mass is 9.78. The molecule has 2 aromatic carbocycles. The van der Waals surface area contributed by atoms with Crippen LogP contribution in [0.5, 0.6) is 11.5 Å². The van der Waals surface area contributed by atoms with Crippen LogP contribution in [0.4, 0.5) is 0 Å². The number of carbonyl (C=O) groups is 2. The molecule has 0 radical (unpaired) electrons. The maximum absolute atomic E-state index is 11.5. The van der Waals surface area contributed by atoms with Gasteiger partial charge < -0.3 is 23.5 Å². The van der Waals surface area contributed by atoms with E-state index in [4.69, 9.17) is 53.8 Å². The lowest BCUT2D eigenvalue weighted by molar-refractivity contribution is -0.148. The van der Waals surface area contributed by atoms with Crippen molar-refractivity contribution in [3.05, 3.63) is 76.3 Å². The number of alkyl halides is 1. The second kappa shape index (κ2) is 13.9. The number of imidazole rings is 1. The Morgan fingerprint density at radius 2 is 1.41 bits per heavy atom. The molecule has 0 spiro atoms. The van der Waals surface area contributed by atoms with Crippen LogP contribution >= 0.6 is 34.8 Å². The van der Waals surface area contributed by atoms with E-state index in [9.17, 15) is 9.59 Å². The number of carbonyl (C=O) groups excluding carboxylic acids is 2. The Bertz CT molecular complexity index is 1270. The largest absolute Gasteiger partial charge is 0.488 e. The zero-order chi connectivity index (χ0) is 28.6. The average molecular weight is 598 g/mol. The van der Waals surface area contributed by atoms with Gasteiger partial charge in [-0.2, -0.15) is 0 Å². The van der Waals surface area contributed by atoms with Gasteiger partial charge in [-0.1, -0.05) is 49.2 Å². The first-order valence-electron chi connectivity index (χ1n) is 12.2. The molecule has 1 aromatic heterocycles. The fourth-order valence-corrected chi connectivity index (χ4v) is 4.50. The van der Waals surface area contributed by atoms with Crippen LogP contribution in [0.3, 0.4) is 0 Å². The van der Waals surface area contributed by atoms with Gasteiger partial charge in [0.2, 0.25) is 0 Å². The van der Waals surface area contributed by atoms with Gasteiger partial charge in [-0.25, -0.2) is 4.98 Å². The smallest absolute Gasteiger partial charge is 0.303 e. The van der Waals surface area contributed by atoms with Crippen molar-refractivity contribution < 1.29 is 28.5 Å². The SMILES string of the molecule is CC(=O)O[C@H](COc1ccc(C(C)(C)c2ccc(OC[C@H](CCl)OC(C)=O)c(Cl)c2)cc1Cl)Cn1ccnc1. The molecule has 210 valence electrons. The van der Waals surface area contributed by atoms with E-state index in [1.54, 1.807) is 30.9 Å². The molecular formula is C28H31Cl3N2O6. The molecule has 0 saturated heterocycles. The highest BCUT2D eigenvalue weighted by molar-refractivity contribution is 6.32. The van der Waals surface area contributed by atoms with Crippen molar-refractivity contribution >= 4 is 46.7 Å². The summed E-state index contributed by atoms with van der Waals surface area (Å²) in [5.41, 5.74) is 1.42. The Labute approximate surface area is 243 Å². The van der Waals surface area contributed by atoms with Gasteiger partial charge in [0, 0.05) is 31.7 Å². The zero-order valence-corrected chi connectivity index (χ0v) is 24.4. The van der Waals surface area contributed by atoms with Gasteiger partial charge in [0.25, 0.3) is 0 Å². The standard InChI is InChI=1S/C28H31Cl3N2O6/c1-18(34)38-22(13-29)15-36-26-7-5-20(11-24(26)30)28(3,4)21-6-8-27(25(31)12-21)37-16-23(39-19(2)35)14-33-10-9-32-17-33/h5-12,17,22-23H,13-16H2,1-4H3/t22-,23-/m0/s1. The third-order valence-electron chi connectivity index (χ3n) is 5.97. The number of rotatable bonds is 13. The lowest BCUT2D eigenvalue weighted by Gasteiger charge is -2.27. The second-order valence-electron chi connectivity index (χ2n) is 9.41. The molecule has 0 saturated carbocycles. The van der Waals surface area contributed by atoms with E-state index in [-0.39, 0.29) is 19.1 Å². The molecule has 1 heterocycles. The molecule has 39 heavy (non-hydrogen) atoms. The number of ether oxygens (including phenoxy) is 4. The minimum absolute atomic E-state index is 0.0866. The van der Waals surface area contributed by atoms with E-state index in [0.717, 1.165) is 11.1 Å². The minimum Gasteiger partial charge on any atom is -0.488 e. The molecular weight excluding hydrogens is 567 g/mol. The fourth-order valence-electron chi connectivity index (χ4n) is 3.88. The minimum atomic E-state index is -0.575. The van der Waals surface area contributed by atoms with Crippen molar-refractivity contribution in [2.75, 3.05) is 19.1 Å². The van der Waals surface area contributed by atoms with Crippen LogP contribution in [0.15, 0.2) is 55.1 Å². The lowest BCUT2D eigenvalue weighted by Crippen LogP contribution is -2.28. The number of esters is 2. The third kappa shape index (κ3) is 8.78. The number of nitrogens with zero attached hydrogens (tertiary/aromatic N) is 2. The predicted molar refractivity (Wildman–Crippen MR) is 150 cm³/mol. The maximum atomic E-state index is 11.5. The van der Waals surface area contributed by atoms with Crippen molar-refractivity contribution in [1.82, 2.24) is 9.55 Å². The van der Waals surface area contributed by atoms with Crippen LogP contribution in [0.25, 0.3) is 0 Å². The molecule has 3 rings (SSSR count). The van der Waals surface area contributed by atoms with Crippen LogP contribution in [-0.4, -0.2) is 52.8 Å². The molecule has 0 bridgehead atoms. The second-order valence-corrected chi connectivity index (χ2v) is 10.5. The summed E-state index contributed by atoms with van der Waals surface area (Å²) < 4.78 is 23.9. The molecule has 8 nitrogen and oxygen atoms in total. The molecule has 3 aromatic rings. The monoisotopic (exact) mass is 596 g/mol. The van der Waals surface area contributed by atoms with E-state index in [2.05, 4.69) is 18.8 Å². The quantitative estimate of drug-likeness (QED) is 0.174. The van der Waals surface area contributed by atoms with Gasteiger partial charge in [0.15, 0.2) is 6.10 Å². The van der Waals surface area contributed by atoms with Crippen LogP contribution in [0.1, 0.15) is 38.8 Å². The summed E-state index contributed by atoms with van der Waals surface area (Å²) in [6, 6.07) is 11.1. The number of benzene rings is 2. The summed E-state index contributed by atoms with van der Waals surface area (Å²) in [6.07, 6.45) is 3.99. The average Bonchev–Trinajstić information content (AvgIpc) is 3.38. The van der Waals surface area contributed by atoms with Gasteiger partial charge in [-0.15, -0.1) is 11.6 Å². The van der Waals surface area contributed by atoms with E-state index < -0.39 is 29.6 Å². The normalized spacial score (nSPS) is 12.9. The highest BCUT2D eigenvalue weighted by atomic mass is 35.5. The Balaban J connectivity index is 1.69. The zero-order valence-electron chi connectivity index (χ0n) is 22.2. The first-order valence-corrected chi connectivity index (χ1v) is 13.5. The van der Waals surface area contributed by atoms with Crippen molar-refractivity contribution in [3.8, 4) is 11.5 Å². The first-order chi connectivity index (χ1) is 18.5. The third-order valence-corrected chi connectivity index (χ3v) is 6.90. The highest BCUT2D eigenvalue weighted by Gasteiger charge is 2.26. The van der Waals surface area contributed by atoms with E-state index in [1.165, 1.54) is 13.8 Å². The summed E-state index contributed by atoms with van der Waals surface area (Å²) in [7, 11) is 0. The van der Waals surface area contributed by atoms with Gasteiger partial charge in [0.05, 0.1) is 28.8 Å². The van der Waals surface area contributed by atoms with Crippen molar-refractivity contribution in [2.45, 2.75) is 51.9 Å². The number of hydrogen-bond donors (Lipinski definition) is 0. The highest BCUT2D eigenvalue weighted by Crippen LogP contribution is 2.38. The van der Waals surface area contributed by atoms with E-state index in [1.807, 2.05) is 28.8 Å². The first kappa shape index (κ1) is 30.6. The van der Waals surface area contributed by atoms with Crippen LogP contribution < -0.4 is 9.47 Å². The number of halogens is 3. The van der Waals surface area contributed by atoms with Gasteiger partial charge in [-0.3, -0.25) is 9.59 Å². The molecule has 0 N–H and O–H groups in total. The summed E-state index contributed by atoms with van der Waals surface area (Å²) in [6.45, 7) is 7.39. The summed E-state index contributed by atoms with van der Waals surface area (Å²) in [5, 5.41) is 0.839. The summed E-state index contributed by atoms with van der Waals surface area (Å²) in [4.78, 5) is 26.7. The van der Waals surface area contributed by atoms with E-state index >= 15 is 0 Å². The van der Waals surface area contributed by atoms with Gasteiger partial charge in [-0.05, 0) is 35.4 Å². The maximum Gasteiger partial charge on any atom is 0.303 e. The van der Waals surface area contributed by atoms with Gasteiger partial charge >= 0.3 is 11.9 Å². The van der Waals surface area contributed by atoms with Crippen LogP contribution in [0, 0.1) is 0 Å². The summed E-state index contributed by atoms with van der Waals surface area (Å²) >= 11 is 19.0. The predicted octanol–water partition coefficient (Wildman–Crippen LogP) is 6.08. The van der Waals surface area contributed by atoms with Crippen LogP contribution in [0.2, 0.25) is 10.0 Å². The van der Waals surface area contributed by atoms with Crippen molar-refractivity contribution in [1.29, 1.82) is 0 Å².